The molecule has 0 saturated carbocycles. The zero-order chi connectivity index (χ0) is 25.8. The van der Waals surface area contributed by atoms with E-state index in [2.05, 4.69) is 5.32 Å². The number of benzene rings is 3. The topological polar surface area (TPSA) is 75.7 Å². The number of hydrogen-bond donors (Lipinski definition) is 1. The molecule has 1 N–H and O–H groups in total. The fraction of sp³-hybridized carbons (Fsp3) is 0.240. The predicted molar refractivity (Wildman–Crippen MR) is 127 cm³/mol. The summed E-state index contributed by atoms with van der Waals surface area (Å²) in [5.74, 6) is -0.0476. The lowest BCUT2D eigenvalue weighted by molar-refractivity contribution is -0.137. The Kier molecular flexibility index (Phi) is 7.74. The van der Waals surface area contributed by atoms with Crippen molar-refractivity contribution in [2.45, 2.75) is 31.0 Å². The van der Waals surface area contributed by atoms with E-state index in [0.717, 1.165) is 23.3 Å². The molecule has 10 heteroatoms. The van der Waals surface area contributed by atoms with E-state index < -0.39 is 40.3 Å². The molecule has 0 heterocycles. The monoisotopic (exact) mass is 506 g/mol. The number of sulfonamides is 1. The average molecular weight is 507 g/mol. The van der Waals surface area contributed by atoms with Gasteiger partial charge in [0.25, 0.3) is 10.0 Å². The van der Waals surface area contributed by atoms with Gasteiger partial charge in [-0.1, -0.05) is 35.9 Å². The van der Waals surface area contributed by atoms with Gasteiger partial charge in [0.05, 0.1) is 29.3 Å². The maximum Gasteiger partial charge on any atom is 0.416 e. The van der Waals surface area contributed by atoms with Crippen LogP contribution in [-0.4, -0.2) is 28.0 Å². The van der Waals surface area contributed by atoms with Crippen molar-refractivity contribution in [3.05, 3.63) is 89.5 Å². The van der Waals surface area contributed by atoms with E-state index in [9.17, 15) is 26.4 Å². The zero-order valence-electron chi connectivity index (χ0n) is 19.3. The summed E-state index contributed by atoms with van der Waals surface area (Å²) in [6.45, 7) is 2.77. The smallest absolute Gasteiger partial charge is 0.416 e. The van der Waals surface area contributed by atoms with Gasteiger partial charge in [-0.05, 0) is 61.9 Å². The molecule has 6 nitrogen and oxygen atoms in total. The number of nitrogens with zero attached hydrogens (tertiary/aromatic N) is 1. The molecule has 0 aromatic heterocycles. The first kappa shape index (κ1) is 26.1. The third-order valence-electron chi connectivity index (χ3n) is 5.35. The fourth-order valence-corrected chi connectivity index (χ4v) is 4.80. The van der Waals surface area contributed by atoms with Crippen LogP contribution in [0.1, 0.15) is 29.7 Å². The minimum Gasteiger partial charge on any atom is -0.497 e. The number of nitrogens with one attached hydrogen (secondary N) is 1. The van der Waals surface area contributed by atoms with Crippen LogP contribution in [0.4, 0.5) is 18.9 Å². The Hall–Kier alpha value is -3.53. The van der Waals surface area contributed by atoms with Crippen LogP contribution >= 0.6 is 0 Å². The summed E-state index contributed by atoms with van der Waals surface area (Å²) in [6, 6.07) is 16.2. The van der Waals surface area contributed by atoms with E-state index in [0.29, 0.717) is 16.1 Å². The quantitative estimate of drug-likeness (QED) is 0.462. The number of carbonyl (C=O) groups is 1. The summed E-state index contributed by atoms with van der Waals surface area (Å²) in [4.78, 5) is 12.7. The summed E-state index contributed by atoms with van der Waals surface area (Å²) >= 11 is 0. The number of ether oxygens (including phenoxy) is 1. The molecule has 3 aromatic carbocycles. The summed E-state index contributed by atoms with van der Waals surface area (Å²) < 4.78 is 72.6. The lowest BCUT2D eigenvalue weighted by atomic mass is 10.1. The molecule has 0 radical (unpaired) electrons. The van der Waals surface area contributed by atoms with Gasteiger partial charge >= 0.3 is 6.18 Å². The molecule has 0 unspecified atom stereocenters. The Balaban J connectivity index is 1.93. The first-order valence-corrected chi connectivity index (χ1v) is 12.1. The number of amides is 1. The second-order valence-electron chi connectivity index (χ2n) is 7.94. The first-order valence-electron chi connectivity index (χ1n) is 10.6. The van der Waals surface area contributed by atoms with Crippen molar-refractivity contribution >= 4 is 21.6 Å². The van der Waals surface area contributed by atoms with Gasteiger partial charge in [0.2, 0.25) is 5.91 Å². The van der Waals surface area contributed by atoms with Gasteiger partial charge in [-0.25, -0.2) is 8.42 Å². The molecule has 3 aromatic rings. The first-order chi connectivity index (χ1) is 16.4. The fourth-order valence-electron chi connectivity index (χ4n) is 3.38. The molecular weight excluding hydrogens is 481 g/mol. The van der Waals surface area contributed by atoms with Gasteiger partial charge in [-0.3, -0.25) is 9.10 Å². The number of methoxy groups -OCH3 is 1. The van der Waals surface area contributed by atoms with Crippen molar-refractivity contribution in [3.8, 4) is 5.75 Å². The van der Waals surface area contributed by atoms with E-state index >= 15 is 0 Å². The highest BCUT2D eigenvalue weighted by Gasteiger charge is 2.33. The summed E-state index contributed by atoms with van der Waals surface area (Å²) in [5, 5.41) is 2.70. The molecule has 1 atom stereocenters. The van der Waals surface area contributed by atoms with Crippen molar-refractivity contribution < 1.29 is 31.1 Å². The van der Waals surface area contributed by atoms with Crippen LogP contribution in [0, 0.1) is 6.92 Å². The number of halogens is 3. The van der Waals surface area contributed by atoms with Crippen LogP contribution in [-0.2, 0) is 21.0 Å². The molecule has 0 aliphatic heterocycles. The van der Waals surface area contributed by atoms with E-state index in [-0.39, 0.29) is 10.6 Å². The number of rotatable bonds is 8. The molecule has 0 bridgehead atoms. The maximum absolute atomic E-state index is 13.4. The highest BCUT2D eigenvalue weighted by Crippen LogP contribution is 2.33. The van der Waals surface area contributed by atoms with Crippen molar-refractivity contribution in [2.24, 2.45) is 0 Å². The van der Waals surface area contributed by atoms with E-state index in [4.69, 9.17) is 4.74 Å². The molecule has 0 aliphatic carbocycles. The highest BCUT2D eigenvalue weighted by atomic mass is 32.2. The Labute approximate surface area is 202 Å². The van der Waals surface area contributed by atoms with Crippen LogP contribution in [0.15, 0.2) is 77.7 Å². The molecule has 35 heavy (non-hydrogen) atoms. The van der Waals surface area contributed by atoms with Crippen LogP contribution in [0.2, 0.25) is 0 Å². The van der Waals surface area contributed by atoms with Crippen molar-refractivity contribution in [3.63, 3.8) is 0 Å². The molecule has 0 aliphatic rings. The Morgan fingerprint density at radius 1 is 1.03 bits per heavy atom. The van der Waals surface area contributed by atoms with E-state index in [1.165, 1.54) is 25.3 Å². The van der Waals surface area contributed by atoms with Crippen LogP contribution < -0.4 is 14.4 Å². The van der Waals surface area contributed by atoms with Crippen LogP contribution in [0.5, 0.6) is 5.75 Å². The van der Waals surface area contributed by atoms with Crippen LogP contribution in [0.3, 0.4) is 0 Å². The van der Waals surface area contributed by atoms with Gasteiger partial charge in [0, 0.05) is 0 Å². The lowest BCUT2D eigenvalue weighted by Gasteiger charge is -2.26. The Morgan fingerprint density at radius 2 is 1.66 bits per heavy atom. The summed E-state index contributed by atoms with van der Waals surface area (Å²) in [5.41, 5.74) is 0.255. The van der Waals surface area contributed by atoms with Gasteiger partial charge in [-0.15, -0.1) is 0 Å². The maximum atomic E-state index is 13.4. The minimum absolute atomic E-state index is 0.142. The summed E-state index contributed by atoms with van der Waals surface area (Å²) in [6.07, 6.45) is -4.68. The van der Waals surface area contributed by atoms with Crippen LogP contribution in [0.25, 0.3) is 0 Å². The molecular formula is C25H25F3N2O4S. The Morgan fingerprint density at radius 3 is 2.23 bits per heavy atom. The Bertz CT molecular complexity index is 1280. The predicted octanol–water partition coefficient (Wildman–Crippen LogP) is 5.10. The highest BCUT2D eigenvalue weighted by molar-refractivity contribution is 7.92. The SMILES string of the molecule is COc1ccc([C@@H](C)NC(=O)CN(c2cccc(C(F)(F)F)c2)S(=O)(=O)c2ccc(C)cc2)cc1. The zero-order valence-corrected chi connectivity index (χ0v) is 20.2. The van der Waals surface area contributed by atoms with E-state index in [1.807, 2.05) is 0 Å². The lowest BCUT2D eigenvalue weighted by Crippen LogP contribution is -2.41. The molecule has 186 valence electrons. The van der Waals surface area contributed by atoms with Gasteiger partial charge in [0.1, 0.15) is 12.3 Å². The third-order valence-corrected chi connectivity index (χ3v) is 7.14. The van der Waals surface area contributed by atoms with E-state index in [1.54, 1.807) is 50.2 Å². The summed E-state index contributed by atoms with van der Waals surface area (Å²) in [7, 11) is -2.82. The third kappa shape index (κ3) is 6.33. The second-order valence-corrected chi connectivity index (χ2v) is 9.80. The molecule has 0 fully saturated rings. The number of carbonyl (C=O) groups excluding carboxylic acids is 1. The standard InChI is InChI=1S/C25H25F3N2O4S/c1-17-7-13-23(14-8-17)35(32,33)30(21-6-4-5-20(15-21)25(26,27)28)16-24(31)29-18(2)19-9-11-22(34-3)12-10-19/h4-15,18H,16H2,1-3H3,(H,29,31)/t18-/m1/s1. The molecule has 0 spiro atoms. The van der Waals surface area contributed by atoms with Gasteiger partial charge in [0.15, 0.2) is 0 Å². The number of aryl methyl sites for hydroxylation is 1. The molecule has 1 amide bonds. The normalized spacial score (nSPS) is 12.6. The van der Waals surface area contributed by atoms with Gasteiger partial charge < -0.3 is 10.1 Å². The second kappa shape index (κ2) is 10.4. The number of alkyl halides is 3. The van der Waals surface area contributed by atoms with Crippen molar-refractivity contribution in [1.82, 2.24) is 5.32 Å². The molecule has 3 rings (SSSR count). The van der Waals surface area contributed by atoms with Gasteiger partial charge in [-0.2, -0.15) is 13.2 Å². The largest absolute Gasteiger partial charge is 0.497 e. The minimum atomic E-state index is -4.68. The average Bonchev–Trinajstić information content (AvgIpc) is 2.82. The number of hydrogen-bond acceptors (Lipinski definition) is 4. The van der Waals surface area contributed by atoms with Crippen molar-refractivity contribution in [2.75, 3.05) is 18.0 Å². The van der Waals surface area contributed by atoms with Crippen molar-refractivity contribution in [1.29, 1.82) is 0 Å². The molecule has 0 saturated heterocycles. The number of anilines is 1.